The van der Waals surface area contributed by atoms with Gasteiger partial charge in [0.25, 0.3) is 0 Å². The molecular formula is C11H7BrClN5. The summed E-state index contributed by atoms with van der Waals surface area (Å²) in [7, 11) is 0. The Hall–Kier alpha value is -1.53. The summed E-state index contributed by atoms with van der Waals surface area (Å²) in [5, 5.41) is 8.64. The van der Waals surface area contributed by atoms with Crippen LogP contribution in [0.2, 0.25) is 5.15 Å². The highest BCUT2D eigenvalue weighted by molar-refractivity contribution is 9.10. The lowest BCUT2D eigenvalue weighted by atomic mass is 10.3. The Bertz CT molecular complexity index is 739. The van der Waals surface area contributed by atoms with Crippen molar-refractivity contribution in [1.29, 1.82) is 0 Å². The molecule has 0 aliphatic carbocycles. The molecule has 90 valence electrons. The standard InChI is InChI=1S/C11H7BrClN5/c1-6-15-8(13)5-9-16-17-11(18(6)9)10-7(12)3-2-4-14-10/h2-5H,1H3. The molecule has 0 saturated heterocycles. The third kappa shape index (κ3) is 1.77. The Morgan fingerprint density at radius 2 is 2.17 bits per heavy atom. The second kappa shape index (κ2) is 4.29. The quantitative estimate of drug-likeness (QED) is 0.646. The first-order chi connectivity index (χ1) is 8.66. The normalized spacial score (nSPS) is 11.1. The summed E-state index contributed by atoms with van der Waals surface area (Å²) in [5.74, 6) is 1.36. The SMILES string of the molecule is Cc1nc(Cl)cc2nnc(-c3ncccc3Br)n12. The van der Waals surface area contributed by atoms with Crippen LogP contribution in [0.1, 0.15) is 5.82 Å². The Morgan fingerprint density at radius 3 is 2.94 bits per heavy atom. The van der Waals surface area contributed by atoms with Gasteiger partial charge in [0, 0.05) is 16.7 Å². The van der Waals surface area contributed by atoms with E-state index in [9.17, 15) is 0 Å². The highest BCUT2D eigenvalue weighted by atomic mass is 79.9. The second-order valence-electron chi connectivity index (χ2n) is 3.68. The average Bonchev–Trinajstić information content (AvgIpc) is 2.73. The fraction of sp³-hybridized carbons (Fsp3) is 0.0909. The molecule has 5 nitrogen and oxygen atoms in total. The first-order valence-corrected chi connectivity index (χ1v) is 6.33. The van der Waals surface area contributed by atoms with Gasteiger partial charge in [0.2, 0.25) is 0 Å². The fourth-order valence-electron chi connectivity index (χ4n) is 1.76. The summed E-state index contributed by atoms with van der Waals surface area (Å²) < 4.78 is 2.67. The van der Waals surface area contributed by atoms with Gasteiger partial charge < -0.3 is 0 Å². The van der Waals surface area contributed by atoms with Crippen LogP contribution in [0.15, 0.2) is 28.9 Å². The molecule has 0 fully saturated rings. The van der Waals surface area contributed by atoms with Gasteiger partial charge in [-0.1, -0.05) is 11.6 Å². The molecule has 3 aromatic rings. The molecule has 0 saturated carbocycles. The molecule has 3 aromatic heterocycles. The van der Waals surface area contributed by atoms with Crippen molar-refractivity contribution in [2.45, 2.75) is 6.92 Å². The minimum Gasteiger partial charge on any atom is -0.261 e. The first-order valence-electron chi connectivity index (χ1n) is 5.16. The lowest BCUT2D eigenvalue weighted by Crippen LogP contribution is -1.99. The van der Waals surface area contributed by atoms with Crippen molar-refractivity contribution in [2.24, 2.45) is 0 Å². The predicted molar refractivity (Wildman–Crippen MR) is 71.5 cm³/mol. The van der Waals surface area contributed by atoms with Gasteiger partial charge in [-0.05, 0) is 35.0 Å². The second-order valence-corrected chi connectivity index (χ2v) is 4.92. The number of aryl methyl sites for hydroxylation is 1. The largest absolute Gasteiger partial charge is 0.261 e. The maximum atomic E-state index is 5.89. The van der Waals surface area contributed by atoms with Gasteiger partial charge in [-0.3, -0.25) is 9.38 Å². The van der Waals surface area contributed by atoms with E-state index in [1.807, 2.05) is 23.5 Å². The van der Waals surface area contributed by atoms with E-state index in [0.29, 0.717) is 16.6 Å². The van der Waals surface area contributed by atoms with E-state index in [-0.39, 0.29) is 0 Å². The van der Waals surface area contributed by atoms with Gasteiger partial charge in [0.05, 0.1) is 0 Å². The third-order valence-corrected chi connectivity index (χ3v) is 3.33. The average molecular weight is 325 g/mol. The Labute approximate surface area is 116 Å². The van der Waals surface area contributed by atoms with Crippen molar-refractivity contribution >= 4 is 33.2 Å². The van der Waals surface area contributed by atoms with Gasteiger partial charge in [0.15, 0.2) is 11.5 Å². The van der Waals surface area contributed by atoms with E-state index in [1.165, 1.54) is 0 Å². The van der Waals surface area contributed by atoms with E-state index in [1.54, 1.807) is 12.3 Å². The first kappa shape index (κ1) is 11.6. The third-order valence-electron chi connectivity index (χ3n) is 2.50. The zero-order valence-electron chi connectivity index (χ0n) is 9.30. The molecule has 0 aromatic carbocycles. The van der Waals surface area contributed by atoms with E-state index < -0.39 is 0 Å². The van der Waals surface area contributed by atoms with Crippen molar-refractivity contribution in [3.05, 3.63) is 39.8 Å². The zero-order valence-corrected chi connectivity index (χ0v) is 11.6. The minimum atomic E-state index is 0.402. The van der Waals surface area contributed by atoms with Crippen LogP contribution in [0.4, 0.5) is 0 Å². The van der Waals surface area contributed by atoms with E-state index in [0.717, 1.165) is 16.0 Å². The van der Waals surface area contributed by atoms with Crippen molar-refractivity contribution in [3.63, 3.8) is 0 Å². The van der Waals surface area contributed by atoms with E-state index >= 15 is 0 Å². The van der Waals surface area contributed by atoms with Crippen molar-refractivity contribution in [2.75, 3.05) is 0 Å². The summed E-state index contributed by atoms with van der Waals surface area (Å²) >= 11 is 9.35. The van der Waals surface area contributed by atoms with E-state index in [4.69, 9.17) is 11.6 Å². The number of hydrogen-bond acceptors (Lipinski definition) is 4. The molecule has 0 unspecified atom stereocenters. The molecular weight excluding hydrogens is 318 g/mol. The number of halogens is 2. The molecule has 0 amide bonds. The molecule has 0 aliphatic heterocycles. The van der Waals surface area contributed by atoms with Crippen LogP contribution in [0.5, 0.6) is 0 Å². The number of pyridine rings is 1. The summed E-state index contributed by atoms with van der Waals surface area (Å²) in [6, 6.07) is 5.42. The summed E-state index contributed by atoms with van der Waals surface area (Å²) in [6.45, 7) is 1.85. The highest BCUT2D eigenvalue weighted by Gasteiger charge is 2.14. The lowest BCUT2D eigenvalue weighted by molar-refractivity contribution is 0.980. The van der Waals surface area contributed by atoms with Gasteiger partial charge in [-0.25, -0.2) is 4.98 Å². The number of rotatable bonds is 1. The number of hydrogen-bond donors (Lipinski definition) is 0. The topological polar surface area (TPSA) is 56.0 Å². The predicted octanol–water partition coefficient (Wildman–Crippen LogP) is 2.91. The fourth-order valence-corrected chi connectivity index (χ4v) is 2.41. The van der Waals surface area contributed by atoms with Gasteiger partial charge >= 0.3 is 0 Å². The number of fused-ring (bicyclic) bond motifs is 1. The van der Waals surface area contributed by atoms with Crippen LogP contribution < -0.4 is 0 Å². The van der Waals surface area contributed by atoms with Gasteiger partial charge in [0.1, 0.15) is 16.7 Å². The molecule has 0 aliphatic rings. The Balaban J connectivity index is 2.35. The minimum absolute atomic E-state index is 0.402. The van der Waals surface area contributed by atoms with Crippen LogP contribution in [-0.4, -0.2) is 24.6 Å². The molecule has 7 heteroatoms. The maximum Gasteiger partial charge on any atom is 0.189 e. The molecule has 3 heterocycles. The molecule has 0 atom stereocenters. The maximum absolute atomic E-state index is 5.89. The summed E-state index contributed by atoms with van der Waals surface area (Å²) in [5.41, 5.74) is 1.37. The molecule has 0 bridgehead atoms. The van der Waals surface area contributed by atoms with Crippen LogP contribution in [-0.2, 0) is 0 Å². The van der Waals surface area contributed by atoms with Crippen LogP contribution in [0.3, 0.4) is 0 Å². The molecule has 0 spiro atoms. The number of nitrogens with zero attached hydrogens (tertiary/aromatic N) is 5. The monoisotopic (exact) mass is 323 g/mol. The van der Waals surface area contributed by atoms with Gasteiger partial charge in [-0.15, -0.1) is 10.2 Å². The Morgan fingerprint density at radius 1 is 1.33 bits per heavy atom. The Kier molecular flexibility index (Phi) is 2.76. The summed E-state index contributed by atoms with van der Waals surface area (Å²) in [6.07, 6.45) is 1.71. The van der Waals surface area contributed by atoms with Crippen molar-refractivity contribution < 1.29 is 0 Å². The number of aromatic nitrogens is 5. The summed E-state index contributed by atoms with van der Waals surface area (Å²) in [4.78, 5) is 8.50. The van der Waals surface area contributed by atoms with Crippen LogP contribution >= 0.6 is 27.5 Å². The molecule has 18 heavy (non-hydrogen) atoms. The van der Waals surface area contributed by atoms with Crippen LogP contribution in [0, 0.1) is 6.92 Å². The van der Waals surface area contributed by atoms with Gasteiger partial charge in [-0.2, -0.15) is 0 Å². The van der Waals surface area contributed by atoms with Crippen LogP contribution in [0.25, 0.3) is 17.2 Å². The lowest BCUT2D eigenvalue weighted by Gasteiger charge is -2.04. The zero-order chi connectivity index (χ0) is 12.7. The van der Waals surface area contributed by atoms with Crippen molar-refractivity contribution in [1.82, 2.24) is 24.6 Å². The van der Waals surface area contributed by atoms with E-state index in [2.05, 4.69) is 36.1 Å². The molecule has 0 radical (unpaired) electrons. The smallest absolute Gasteiger partial charge is 0.189 e. The van der Waals surface area contributed by atoms with Crippen molar-refractivity contribution in [3.8, 4) is 11.5 Å². The molecule has 0 N–H and O–H groups in total. The molecule has 3 rings (SSSR count). The highest BCUT2D eigenvalue weighted by Crippen LogP contribution is 2.25.